The van der Waals surface area contributed by atoms with Gasteiger partial charge in [-0.15, -0.1) is 0 Å². The van der Waals surface area contributed by atoms with Gasteiger partial charge in [0.15, 0.2) is 0 Å². The molecule has 5 nitrogen and oxygen atoms in total. The molecule has 0 unspecified atom stereocenters. The number of rotatable bonds is 3. The fourth-order valence-electron chi connectivity index (χ4n) is 3.13. The third kappa shape index (κ3) is 2.52. The molecular formula is C19H21N3O2. The van der Waals surface area contributed by atoms with E-state index in [0.717, 1.165) is 34.6 Å². The highest BCUT2D eigenvalue weighted by Crippen LogP contribution is 2.34. The van der Waals surface area contributed by atoms with Gasteiger partial charge >= 0.3 is 0 Å². The summed E-state index contributed by atoms with van der Waals surface area (Å²) < 4.78 is 0. The predicted molar refractivity (Wildman–Crippen MR) is 96.0 cm³/mol. The zero-order valence-corrected chi connectivity index (χ0v) is 14.3. The molecule has 0 fully saturated rings. The summed E-state index contributed by atoms with van der Waals surface area (Å²) in [5.74, 6) is -0.249. The molecule has 2 aromatic rings. The number of anilines is 1. The molecule has 1 aromatic carbocycles. The van der Waals surface area contributed by atoms with Crippen LogP contribution in [0, 0.1) is 13.8 Å². The molecule has 0 saturated carbocycles. The molecule has 24 heavy (non-hydrogen) atoms. The monoisotopic (exact) mass is 323 g/mol. The molecule has 0 radical (unpaired) electrons. The summed E-state index contributed by atoms with van der Waals surface area (Å²) in [5.41, 5.74) is 6.57. The highest BCUT2D eigenvalue weighted by Gasteiger charge is 2.25. The molecule has 0 bridgehead atoms. The SMILES string of the molecule is CCc1ccc2c(c1)NC(=O)/C2=C\c1[nH]c(C)c(C(=O)NC)c1C. The van der Waals surface area contributed by atoms with Crippen LogP contribution in [0.1, 0.15) is 45.4 Å². The minimum atomic E-state index is -0.130. The summed E-state index contributed by atoms with van der Waals surface area (Å²) in [6.07, 6.45) is 2.74. The van der Waals surface area contributed by atoms with Gasteiger partial charge in [-0.2, -0.15) is 0 Å². The number of fused-ring (bicyclic) bond motifs is 1. The van der Waals surface area contributed by atoms with Gasteiger partial charge in [0.05, 0.1) is 11.1 Å². The molecular weight excluding hydrogens is 302 g/mol. The quantitative estimate of drug-likeness (QED) is 0.760. The fourth-order valence-corrected chi connectivity index (χ4v) is 3.13. The van der Waals surface area contributed by atoms with Gasteiger partial charge in [-0.1, -0.05) is 19.1 Å². The van der Waals surface area contributed by atoms with E-state index >= 15 is 0 Å². The van der Waals surface area contributed by atoms with Crippen LogP contribution in [-0.4, -0.2) is 23.8 Å². The Labute approximate surface area is 141 Å². The van der Waals surface area contributed by atoms with E-state index in [1.54, 1.807) is 7.05 Å². The summed E-state index contributed by atoms with van der Waals surface area (Å²) in [7, 11) is 1.61. The van der Waals surface area contributed by atoms with Crippen molar-refractivity contribution in [3.05, 3.63) is 51.8 Å². The second kappa shape index (κ2) is 6.00. The van der Waals surface area contributed by atoms with Gasteiger partial charge in [0.25, 0.3) is 11.8 Å². The summed E-state index contributed by atoms with van der Waals surface area (Å²) in [6.45, 7) is 5.82. The van der Waals surface area contributed by atoms with E-state index < -0.39 is 0 Å². The smallest absolute Gasteiger partial charge is 0.256 e. The number of hydrogen-bond donors (Lipinski definition) is 3. The molecule has 0 atom stereocenters. The Hall–Kier alpha value is -2.82. The minimum Gasteiger partial charge on any atom is -0.358 e. The first-order valence-electron chi connectivity index (χ1n) is 8.03. The molecule has 3 N–H and O–H groups in total. The van der Waals surface area contributed by atoms with Gasteiger partial charge in [0.2, 0.25) is 0 Å². The standard InChI is InChI=1S/C19H21N3O2/c1-5-12-6-7-13-14(18(23)22-16(13)8-12)9-15-10(2)17(11(3)21-15)19(24)20-4/h6-9,21H,5H2,1-4H3,(H,20,24)(H,22,23)/b14-9-. The van der Waals surface area contributed by atoms with Crippen LogP contribution < -0.4 is 10.6 Å². The van der Waals surface area contributed by atoms with E-state index in [1.165, 1.54) is 5.56 Å². The van der Waals surface area contributed by atoms with Gasteiger partial charge in [-0.25, -0.2) is 0 Å². The van der Waals surface area contributed by atoms with Crippen LogP contribution in [0.2, 0.25) is 0 Å². The Morgan fingerprint density at radius 3 is 2.71 bits per heavy atom. The van der Waals surface area contributed by atoms with Crippen molar-refractivity contribution in [1.82, 2.24) is 10.3 Å². The van der Waals surface area contributed by atoms with E-state index in [9.17, 15) is 9.59 Å². The zero-order chi connectivity index (χ0) is 17.4. The number of amides is 2. The molecule has 1 aliphatic heterocycles. The highest BCUT2D eigenvalue weighted by atomic mass is 16.2. The van der Waals surface area contributed by atoms with Crippen LogP contribution in [0.25, 0.3) is 11.6 Å². The van der Waals surface area contributed by atoms with Crippen molar-refractivity contribution < 1.29 is 9.59 Å². The molecule has 0 aliphatic carbocycles. The second-order valence-corrected chi connectivity index (χ2v) is 5.99. The molecule has 0 spiro atoms. The van der Waals surface area contributed by atoms with E-state index in [1.807, 2.05) is 38.1 Å². The third-order valence-corrected chi connectivity index (χ3v) is 4.49. The first kappa shape index (κ1) is 16.1. The number of aromatic amines is 1. The Balaban J connectivity index is 2.08. The van der Waals surface area contributed by atoms with Crippen LogP contribution in [-0.2, 0) is 11.2 Å². The molecule has 124 valence electrons. The molecule has 1 aliphatic rings. The Morgan fingerprint density at radius 1 is 1.29 bits per heavy atom. The summed E-state index contributed by atoms with van der Waals surface area (Å²) in [6, 6.07) is 6.02. The number of nitrogens with one attached hydrogen (secondary N) is 3. The van der Waals surface area contributed by atoms with Crippen molar-refractivity contribution in [3.8, 4) is 0 Å². The van der Waals surface area contributed by atoms with Crippen LogP contribution in [0.15, 0.2) is 18.2 Å². The van der Waals surface area contributed by atoms with Crippen molar-refractivity contribution in [3.63, 3.8) is 0 Å². The van der Waals surface area contributed by atoms with Crippen LogP contribution in [0.3, 0.4) is 0 Å². The maximum Gasteiger partial charge on any atom is 0.256 e. The largest absolute Gasteiger partial charge is 0.358 e. The first-order chi connectivity index (χ1) is 11.5. The van der Waals surface area contributed by atoms with Gasteiger partial charge in [-0.3, -0.25) is 9.59 Å². The molecule has 1 aromatic heterocycles. The normalized spacial score (nSPS) is 14.7. The van der Waals surface area contributed by atoms with E-state index in [0.29, 0.717) is 11.1 Å². The average molecular weight is 323 g/mol. The highest BCUT2D eigenvalue weighted by molar-refractivity contribution is 6.35. The fraction of sp³-hybridized carbons (Fsp3) is 0.263. The summed E-state index contributed by atoms with van der Waals surface area (Å²) in [5, 5.41) is 5.56. The lowest BCUT2D eigenvalue weighted by molar-refractivity contribution is -0.110. The van der Waals surface area contributed by atoms with Gasteiger partial charge in [0, 0.05) is 29.7 Å². The topological polar surface area (TPSA) is 74.0 Å². The maximum absolute atomic E-state index is 12.4. The summed E-state index contributed by atoms with van der Waals surface area (Å²) >= 11 is 0. The Bertz CT molecular complexity index is 875. The van der Waals surface area contributed by atoms with Crippen molar-refractivity contribution >= 4 is 29.2 Å². The van der Waals surface area contributed by atoms with Gasteiger partial charge in [0.1, 0.15) is 0 Å². The lowest BCUT2D eigenvalue weighted by Crippen LogP contribution is -2.19. The maximum atomic E-state index is 12.4. The zero-order valence-electron chi connectivity index (χ0n) is 14.3. The second-order valence-electron chi connectivity index (χ2n) is 5.99. The Morgan fingerprint density at radius 2 is 2.04 bits per heavy atom. The molecule has 5 heteroatoms. The van der Waals surface area contributed by atoms with Crippen molar-refractivity contribution in [2.45, 2.75) is 27.2 Å². The van der Waals surface area contributed by atoms with E-state index in [-0.39, 0.29) is 11.8 Å². The number of carbonyl (C=O) groups is 2. The van der Waals surface area contributed by atoms with Crippen LogP contribution in [0.4, 0.5) is 5.69 Å². The van der Waals surface area contributed by atoms with E-state index in [2.05, 4.69) is 22.5 Å². The predicted octanol–water partition coefficient (Wildman–Crippen LogP) is 3.05. The van der Waals surface area contributed by atoms with Gasteiger partial charge < -0.3 is 15.6 Å². The summed E-state index contributed by atoms with van der Waals surface area (Å²) in [4.78, 5) is 27.6. The number of aromatic nitrogens is 1. The van der Waals surface area contributed by atoms with Crippen molar-refractivity contribution in [1.29, 1.82) is 0 Å². The van der Waals surface area contributed by atoms with Gasteiger partial charge in [-0.05, 0) is 43.5 Å². The molecule has 0 saturated heterocycles. The number of H-pyrrole nitrogens is 1. The number of aryl methyl sites for hydroxylation is 2. The van der Waals surface area contributed by atoms with Crippen LogP contribution >= 0.6 is 0 Å². The third-order valence-electron chi connectivity index (χ3n) is 4.49. The lowest BCUT2D eigenvalue weighted by atomic mass is 10.0. The molecule has 2 amide bonds. The number of hydrogen-bond acceptors (Lipinski definition) is 2. The average Bonchev–Trinajstić information content (AvgIpc) is 3.03. The van der Waals surface area contributed by atoms with Crippen LogP contribution in [0.5, 0.6) is 0 Å². The number of carbonyl (C=O) groups excluding carboxylic acids is 2. The minimum absolute atomic E-state index is 0.119. The lowest BCUT2D eigenvalue weighted by Gasteiger charge is -2.02. The van der Waals surface area contributed by atoms with E-state index in [4.69, 9.17) is 0 Å². The van der Waals surface area contributed by atoms with Crippen molar-refractivity contribution in [2.24, 2.45) is 0 Å². The Kier molecular flexibility index (Phi) is 4.01. The first-order valence-corrected chi connectivity index (χ1v) is 8.03. The number of benzene rings is 1. The molecule has 3 rings (SSSR count). The molecule has 2 heterocycles. The van der Waals surface area contributed by atoms with Crippen molar-refractivity contribution in [2.75, 3.05) is 12.4 Å².